The molecule has 2 aromatic carbocycles. The van der Waals surface area contributed by atoms with E-state index in [0.717, 1.165) is 18.0 Å². The largest absolute Gasteiger partial charge is 0.399 e. The van der Waals surface area contributed by atoms with Crippen molar-refractivity contribution in [3.8, 4) is 11.8 Å². The molecule has 5 nitrogen and oxygen atoms in total. The molecular weight excluding hydrogens is 458 g/mol. The number of alkyl halides is 2. The molecule has 0 radical (unpaired) electrons. The van der Waals surface area contributed by atoms with Crippen LogP contribution >= 0.6 is 11.6 Å². The number of nitrogens with two attached hydrogens (primary N) is 1. The first-order chi connectivity index (χ1) is 16.1. The van der Waals surface area contributed by atoms with E-state index in [1.165, 1.54) is 36.7 Å². The zero-order chi connectivity index (χ0) is 24.4. The molecule has 0 saturated carbocycles. The number of dihydropyridines is 1. The molecule has 0 spiro atoms. The van der Waals surface area contributed by atoms with Crippen LogP contribution in [0.2, 0.25) is 5.02 Å². The molecular formula is C26H21ClF2N4O. The maximum atomic E-state index is 16.0. The van der Waals surface area contributed by atoms with E-state index in [2.05, 4.69) is 26.8 Å². The molecule has 1 aliphatic rings. The number of anilines is 1. The van der Waals surface area contributed by atoms with Crippen molar-refractivity contribution in [3.05, 3.63) is 101 Å². The quantitative estimate of drug-likeness (QED) is 0.422. The summed E-state index contributed by atoms with van der Waals surface area (Å²) in [6, 6.07) is 12.6. The number of hydrogen-bond acceptors (Lipinski definition) is 5. The van der Waals surface area contributed by atoms with Gasteiger partial charge >= 0.3 is 5.92 Å². The molecule has 34 heavy (non-hydrogen) atoms. The first kappa shape index (κ1) is 23.6. The molecule has 3 N–H and O–H groups in total. The van der Waals surface area contributed by atoms with E-state index in [4.69, 9.17) is 17.3 Å². The Morgan fingerprint density at radius 2 is 1.68 bits per heavy atom. The molecule has 8 heteroatoms. The highest BCUT2D eigenvalue weighted by Crippen LogP contribution is 2.45. The fourth-order valence-electron chi connectivity index (χ4n) is 3.58. The molecule has 172 valence electrons. The SMILES string of the molecule is CC1(C#Cc2ccc(N)cc2)C=CC(C(F)(F)C(O)(c2ccc(Cl)cc2)c2cncnc2)=NC1. The Hall–Kier alpha value is -3.60. The average Bonchev–Trinajstić information content (AvgIpc) is 2.84. The maximum absolute atomic E-state index is 16.0. The summed E-state index contributed by atoms with van der Waals surface area (Å²) in [5.41, 5.74) is 2.74. The Bertz CT molecular complexity index is 1300. The number of nitrogen functional groups attached to an aromatic ring is 1. The first-order valence-electron chi connectivity index (χ1n) is 10.4. The molecule has 0 fully saturated rings. The maximum Gasteiger partial charge on any atom is 0.325 e. The molecule has 1 aliphatic heterocycles. The lowest BCUT2D eigenvalue weighted by Gasteiger charge is -2.37. The van der Waals surface area contributed by atoms with Crippen molar-refractivity contribution in [2.45, 2.75) is 18.4 Å². The van der Waals surface area contributed by atoms with Crippen molar-refractivity contribution in [2.75, 3.05) is 12.3 Å². The van der Waals surface area contributed by atoms with Gasteiger partial charge in [-0.3, -0.25) is 4.99 Å². The van der Waals surface area contributed by atoms with E-state index < -0.39 is 22.7 Å². The standard InChI is InChI=1S/C26H21ClF2N4O/c1-24(12-10-18-2-8-22(30)9-3-18)13-11-23(33-16-24)26(28,29)25(34,20-14-31-17-32-15-20)19-4-6-21(27)7-5-19/h2-9,11,13-15,17,34H,16,30H2,1H3. The van der Waals surface area contributed by atoms with Crippen molar-refractivity contribution in [2.24, 2.45) is 10.4 Å². The normalized spacial score (nSPS) is 19.5. The average molecular weight is 479 g/mol. The second-order valence-corrected chi connectivity index (χ2v) is 8.68. The number of halogens is 3. The van der Waals surface area contributed by atoms with Gasteiger partial charge in [0, 0.05) is 34.2 Å². The minimum atomic E-state index is -3.81. The van der Waals surface area contributed by atoms with Crippen LogP contribution in [0.15, 0.2) is 84.4 Å². The number of aliphatic imine (C=N–C) groups is 1. The van der Waals surface area contributed by atoms with E-state index >= 15 is 8.78 Å². The molecule has 0 saturated heterocycles. The second-order valence-electron chi connectivity index (χ2n) is 8.24. The van der Waals surface area contributed by atoms with Crippen molar-refractivity contribution >= 4 is 23.0 Å². The number of hydrogen-bond donors (Lipinski definition) is 2. The van der Waals surface area contributed by atoms with Gasteiger partial charge in [0.25, 0.3) is 0 Å². The summed E-state index contributed by atoms with van der Waals surface area (Å²) in [5.74, 6) is 2.31. The van der Waals surface area contributed by atoms with Gasteiger partial charge in [-0.25, -0.2) is 9.97 Å². The molecule has 2 heterocycles. The Balaban J connectivity index is 1.68. The first-order valence-corrected chi connectivity index (χ1v) is 10.8. The Morgan fingerprint density at radius 1 is 1.03 bits per heavy atom. The van der Waals surface area contributed by atoms with Crippen LogP contribution in [0.1, 0.15) is 23.6 Å². The van der Waals surface area contributed by atoms with Gasteiger partial charge < -0.3 is 10.8 Å². The molecule has 2 unspecified atom stereocenters. The lowest BCUT2D eigenvalue weighted by molar-refractivity contribution is -0.115. The predicted molar refractivity (Wildman–Crippen MR) is 129 cm³/mol. The minimum absolute atomic E-state index is 0.00160. The van der Waals surface area contributed by atoms with E-state index in [0.29, 0.717) is 10.7 Å². The molecule has 0 amide bonds. The smallest absolute Gasteiger partial charge is 0.325 e. The van der Waals surface area contributed by atoms with Gasteiger partial charge in [0.2, 0.25) is 0 Å². The summed E-state index contributed by atoms with van der Waals surface area (Å²) in [6.45, 7) is 1.81. The van der Waals surface area contributed by atoms with Crippen LogP contribution in [0.25, 0.3) is 0 Å². The van der Waals surface area contributed by atoms with Crippen LogP contribution in [0.4, 0.5) is 14.5 Å². The Morgan fingerprint density at radius 3 is 2.26 bits per heavy atom. The van der Waals surface area contributed by atoms with Gasteiger partial charge in [-0.05, 0) is 55.0 Å². The highest BCUT2D eigenvalue weighted by molar-refractivity contribution is 6.30. The highest BCUT2D eigenvalue weighted by Gasteiger charge is 2.58. The van der Waals surface area contributed by atoms with Crippen molar-refractivity contribution in [1.29, 1.82) is 0 Å². The Labute approximate surface area is 201 Å². The van der Waals surface area contributed by atoms with Gasteiger partial charge in [0.05, 0.1) is 12.0 Å². The van der Waals surface area contributed by atoms with Crippen LogP contribution < -0.4 is 5.73 Å². The number of nitrogens with zero attached hydrogens (tertiary/aromatic N) is 3. The summed E-state index contributed by atoms with van der Waals surface area (Å²) in [5, 5.41) is 11.9. The number of allylic oxidation sites excluding steroid dienone is 1. The van der Waals surface area contributed by atoms with Gasteiger partial charge in [-0.1, -0.05) is 41.7 Å². The molecule has 4 rings (SSSR count). The van der Waals surface area contributed by atoms with Crippen LogP contribution in [0, 0.1) is 17.3 Å². The van der Waals surface area contributed by atoms with Crippen molar-refractivity contribution < 1.29 is 13.9 Å². The van der Waals surface area contributed by atoms with Gasteiger partial charge in [0.15, 0.2) is 5.60 Å². The molecule has 1 aromatic heterocycles. The zero-order valence-corrected chi connectivity index (χ0v) is 19.0. The van der Waals surface area contributed by atoms with Crippen molar-refractivity contribution in [3.63, 3.8) is 0 Å². The summed E-state index contributed by atoms with van der Waals surface area (Å²) >= 11 is 5.94. The van der Waals surface area contributed by atoms with Crippen LogP contribution in [-0.4, -0.2) is 33.3 Å². The number of aliphatic hydroxyl groups is 1. The summed E-state index contributed by atoms with van der Waals surface area (Å²) < 4.78 is 32.0. The number of aromatic nitrogens is 2. The van der Waals surface area contributed by atoms with Gasteiger partial charge in [-0.2, -0.15) is 8.78 Å². The van der Waals surface area contributed by atoms with Crippen LogP contribution in [0.3, 0.4) is 0 Å². The third-order valence-electron chi connectivity index (χ3n) is 5.61. The molecule has 0 bridgehead atoms. The van der Waals surface area contributed by atoms with E-state index in [1.54, 1.807) is 30.3 Å². The van der Waals surface area contributed by atoms with Gasteiger partial charge in [0.1, 0.15) is 12.0 Å². The van der Waals surface area contributed by atoms with Gasteiger partial charge in [-0.15, -0.1) is 0 Å². The van der Waals surface area contributed by atoms with Crippen LogP contribution in [0.5, 0.6) is 0 Å². The van der Waals surface area contributed by atoms with Crippen molar-refractivity contribution in [1.82, 2.24) is 9.97 Å². The predicted octanol–water partition coefficient (Wildman–Crippen LogP) is 4.65. The molecule has 0 aliphatic carbocycles. The summed E-state index contributed by atoms with van der Waals surface area (Å²) in [4.78, 5) is 11.8. The third-order valence-corrected chi connectivity index (χ3v) is 5.86. The minimum Gasteiger partial charge on any atom is -0.399 e. The number of benzene rings is 2. The topological polar surface area (TPSA) is 84.4 Å². The molecule has 2 atom stereocenters. The highest BCUT2D eigenvalue weighted by atomic mass is 35.5. The van der Waals surface area contributed by atoms with E-state index in [-0.39, 0.29) is 17.7 Å². The monoisotopic (exact) mass is 478 g/mol. The Kier molecular flexibility index (Phi) is 6.22. The lowest BCUT2D eigenvalue weighted by atomic mass is 9.78. The summed E-state index contributed by atoms with van der Waals surface area (Å²) in [6.07, 6.45) is 6.31. The zero-order valence-electron chi connectivity index (χ0n) is 18.2. The fourth-order valence-corrected chi connectivity index (χ4v) is 3.70. The van der Waals surface area contributed by atoms with E-state index in [1.807, 2.05) is 6.92 Å². The lowest BCUT2D eigenvalue weighted by Crippen LogP contribution is -2.52. The fraction of sp³-hybridized carbons (Fsp3) is 0.192. The second kappa shape index (κ2) is 8.98. The third kappa shape index (κ3) is 4.43. The number of rotatable bonds is 4. The van der Waals surface area contributed by atoms with E-state index in [9.17, 15) is 5.11 Å². The van der Waals surface area contributed by atoms with Crippen LogP contribution in [-0.2, 0) is 5.60 Å². The molecule has 3 aromatic rings. The summed E-state index contributed by atoms with van der Waals surface area (Å²) in [7, 11) is 0.